The maximum atomic E-state index is 5.88. The molecule has 15 heavy (non-hydrogen) atoms. The van der Waals surface area contributed by atoms with E-state index in [2.05, 4.69) is 16.9 Å². The molecule has 1 atom stereocenters. The molecule has 0 bridgehead atoms. The highest BCUT2D eigenvalue weighted by atomic mass is 14.8. The zero-order valence-corrected chi connectivity index (χ0v) is 8.85. The van der Waals surface area contributed by atoms with Crippen molar-refractivity contribution in [3.63, 3.8) is 0 Å². The van der Waals surface area contributed by atoms with Crippen LogP contribution in [-0.4, -0.2) is 16.0 Å². The third-order valence-electron chi connectivity index (χ3n) is 2.49. The van der Waals surface area contributed by atoms with E-state index < -0.39 is 0 Å². The Morgan fingerprint density at radius 1 is 1.27 bits per heavy atom. The molecule has 2 aromatic rings. The summed E-state index contributed by atoms with van der Waals surface area (Å²) in [6.07, 6.45) is 3.58. The lowest BCUT2D eigenvalue weighted by molar-refractivity contribution is 0.636. The molecule has 0 radical (unpaired) electrons. The van der Waals surface area contributed by atoms with Crippen molar-refractivity contribution in [2.45, 2.75) is 25.8 Å². The van der Waals surface area contributed by atoms with E-state index in [-0.39, 0.29) is 6.04 Å². The molecule has 3 nitrogen and oxygen atoms in total. The summed E-state index contributed by atoms with van der Waals surface area (Å²) in [4.78, 5) is 8.87. The molecule has 0 aliphatic rings. The average molecular weight is 201 g/mol. The number of hydrogen-bond donors (Lipinski definition) is 1. The van der Waals surface area contributed by atoms with Gasteiger partial charge >= 0.3 is 0 Å². The standard InChI is InChI=1S/C12H15N3/c1-2-9(13)7-10-8-14-11-5-3-4-6-12(11)15-10/h3-6,8-9H,2,7,13H2,1H3. The van der Waals surface area contributed by atoms with Crippen LogP contribution in [0.15, 0.2) is 30.5 Å². The molecule has 1 unspecified atom stereocenters. The van der Waals surface area contributed by atoms with E-state index in [1.807, 2.05) is 30.5 Å². The molecule has 2 N–H and O–H groups in total. The first-order valence-corrected chi connectivity index (χ1v) is 5.26. The molecule has 0 saturated heterocycles. The molecular formula is C12H15N3. The third-order valence-corrected chi connectivity index (χ3v) is 2.49. The first-order chi connectivity index (χ1) is 7.29. The lowest BCUT2D eigenvalue weighted by Gasteiger charge is -2.07. The second-order valence-electron chi connectivity index (χ2n) is 3.72. The molecule has 0 fully saturated rings. The van der Waals surface area contributed by atoms with Crippen molar-refractivity contribution in [2.24, 2.45) is 5.73 Å². The fraction of sp³-hybridized carbons (Fsp3) is 0.333. The van der Waals surface area contributed by atoms with Crippen LogP contribution in [0.1, 0.15) is 19.0 Å². The average Bonchev–Trinajstić information content (AvgIpc) is 2.29. The van der Waals surface area contributed by atoms with Crippen molar-refractivity contribution in [1.29, 1.82) is 0 Å². The summed E-state index contributed by atoms with van der Waals surface area (Å²) >= 11 is 0. The van der Waals surface area contributed by atoms with Gasteiger partial charge < -0.3 is 5.73 Å². The second-order valence-corrected chi connectivity index (χ2v) is 3.72. The minimum Gasteiger partial charge on any atom is -0.327 e. The third kappa shape index (κ3) is 2.30. The summed E-state index contributed by atoms with van der Waals surface area (Å²) < 4.78 is 0. The SMILES string of the molecule is CCC(N)Cc1cnc2ccccc2n1. The number of hydrogen-bond acceptors (Lipinski definition) is 3. The fourth-order valence-electron chi connectivity index (χ4n) is 1.51. The normalized spacial score (nSPS) is 12.9. The number of rotatable bonds is 3. The van der Waals surface area contributed by atoms with E-state index in [0.717, 1.165) is 29.6 Å². The Bertz CT molecular complexity index is 453. The molecule has 0 aliphatic heterocycles. The van der Waals surface area contributed by atoms with Crippen LogP contribution in [0, 0.1) is 0 Å². The second kappa shape index (κ2) is 4.36. The van der Waals surface area contributed by atoms with E-state index in [4.69, 9.17) is 5.73 Å². The molecule has 1 aromatic heterocycles. The number of nitrogens with zero attached hydrogens (tertiary/aromatic N) is 2. The van der Waals surface area contributed by atoms with E-state index in [0.29, 0.717) is 0 Å². The maximum absolute atomic E-state index is 5.88. The lowest BCUT2D eigenvalue weighted by Crippen LogP contribution is -2.22. The largest absolute Gasteiger partial charge is 0.327 e. The summed E-state index contributed by atoms with van der Waals surface area (Å²) in [5.74, 6) is 0. The van der Waals surface area contributed by atoms with Crippen LogP contribution in [0.25, 0.3) is 11.0 Å². The quantitative estimate of drug-likeness (QED) is 0.825. The number of nitrogens with two attached hydrogens (primary N) is 1. The van der Waals surface area contributed by atoms with Crippen LogP contribution in [0.5, 0.6) is 0 Å². The summed E-state index contributed by atoms with van der Waals surface area (Å²) in [5.41, 5.74) is 8.74. The van der Waals surface area contributed by atoms with Crippen molar-refractivity contribution in [3.05, 3.63) is 36.2 Å². The van der Waals surface area contributed by atoms with Crippen molar-refractivity contribution < 1.29 is 0 Å². The first kappa shape index (κ1) is 10.1. The summed E-state index contributed by atoms with van der Waals surface area (Å²) in [7, 11) is 0. The molecule has 78 valence electrons. The van der Waals surface area contributed by atoms with Gasteiger partial charge in [-0.3, -0.25) is 4.98 Å². The molecule has 3 heteroatoms. The highest BCUT2D eigenvalue weighted by Gasteiger charge is 2.04. The Morgan fingerprint density at radius 3 is 2.73 bits per heavy atom. The molecule has 0 saturated carbocycles. The van der Waals surface area contributed by atoms with Gasteiger partial charge in [0, 0.05) is 18.7 Å². The first-order valence-electron chi connectivity index (χ1n) is 5.26. The predicted octanol–water partition coefficient (Wildman–Crippen LogP) is 1.91. The highest BCUT2D eigenvalue weighted by molar-refractivity contribution is 5.73. The lowest BCUT2D eigenvalue weighted by atomic mass is 10.1. The Hall–Kier alpha value is -1.48. The van der Waals surface area contributed by atoms with Crippen molar-refractivity contribution in [2.75, 3.05) is 0 Å². The van der Waals surface area contributed by atoms with Crippen LogP contribution >= 0.6 is 0 Å². The van der Waals surface area contributed by atoms with Crippen LogP contribution in [0.3, 0.4) is 0 Å². The van der Waals surface area contributed by atoms with E-state index in [1.165, 1.54) is 0 Å². The van der Waals surface area contributed by atoms with Crippen LogP contribution in [0.4, 0.5) is 0 Å². The highest BCUT2D eigenvalue weighted by Crippen LogP contribution is 2.09. The Morgan fingerprint density at radius 2 is 2.00 bits per heavy atom. The van der Waals surface area contributed by atoms with Gasteiger partial charge in [-0.1, -0.05) is 19.1 Å². The van der Waals surface area contributed by atoms with Crippen LogP contribution in [-0.2, 0) is 6.42 Å². The van der Waals surface area contributed by atoms with Crippen LogP contribution < -0.4 is 5.73 Å². The van der Waals surface area contributed by atoms with Crippen molar-refractivity contribution in [3.8, 4) is 0 Å². The smallest absolute Gasteiger partial charge is 0.0890 e. The van der Waals surface area contributed by atoms with Gasteiger partial charge in [-0.2, -0.15) is 0 Å². The topological polar surface area (TPSA) is 51.8 Å². The van der Waals surface area contributed by atoms with Crippen LogP contribution in [0.2, 0.25) is 0 Å². The number of para-hydroxylation sites is 2. The monoisotopic (exact) mass is 201 g/mol. The number of benzene rings is 1. The minimum absolute atomic E-state index is 0.181. The zero-order valence-electron chi connectivity index (χ0n) is 8.85. The van der Waals surface area contributed by atoms with Gasteiger partial charge in [0.25, 0.3) is 0 Å². The minimum atomic E-state index is 0.181. The van der Waals surface area contributed by atoms with Gasteiger partial charge in [-0.05, 0) is 18.6 Å². The summed E-state index contributed by atoms with van der Waals surface area (Å²) in [6, 6.07) is 8.06. The number of aromatic nitrogens is 2. The molecular weight excluding hydrogens is 186 g/mol. The Balaban J connectivity index is 2.30. The molecule has 2 rings (SSSR count). The van der Waals surface area contributed by atoms with E-state index >= 15 is 0 Å². The van der Waals surface area contributed by atoms with Gasteiger partial charge in [-0.15, -0.1) is 0 Å². The maximum Gasteiger partial charge on any atom is 0.0890 e. The molecule has 1 aromatic carbocycles. The van der Waals surface area contributed by atoms with Gasteiger partial charge in [0.2, 0.25) is 0 Å². The molecule has 0 spiro atoms. The summed E-state index contributed by atoms with van der Waals surface area (Å²) in [6.45, 7) is 2.08. The van der Waals surface area contributed by atoms with Gasteiger partial charge in [0.15, 0.2) is 0 Å². The van der Waals surface area contributed by atoms with Crippen molar-refractivity contribution in [1.82, 2.24) is 9.97 Å². The number of fused-ring (bicyclic) bond motifs is 1. The molecule has 0 amide bonds. The van der Waals surface area contributed by atoms with Gasteiger partial charge in [-0.25, -0.2) is 4.98 Å². The zero-order chi connectivity index (χ0) is 10.7. The van der Waals surface area contributed by atoms with Gasteiger partial charge in [0.1, 0.15) is 0 Å². The predicted molar refractivity (Wildman–Crippen MR) is 61.5 cm³/mol. The van der Waals surface area contributed by atoms with E-state index in [1.54, 1.807) is 0 Å². The Labute approximate surface area is 89.4 Å². The van der Waals surface area contributed by atoms with E-state index in [9.17, 15) is 0 Å². The van der Waals surface area contributed by atoms with Gasteiger partial charge in [0.05, 0.1) is 16.7 Å². The molecule has 1 heterocycles. The molecule has 0 aliphatic carbocycles. The fourth-order valence-corrected chi connectivity index (χ4v) is 1.51. The summed E-state index contributed by atoms with van der Waals surface area (Å²) in [5, 5.41) is 0. The van der Waals surface area contributed by atoms with Crippen molar-refractivity contribution >= 4 is 11.0 Å². The Kier molecular flexibility index (Phi) is 2.92.